The van der Waals surface area contributed by atoms with E-state index in [2.05, 4.69) is 81.7 Å². The predicted molar refractivity (Wildman–Crippen MR) is 141 cm³/mol. The summed E-state index contributed by atoms with van der Waals surface area (Å²) in [4.78, 5) is 10.3. The minimum absolute atomic E-state index is 0.978. The highest BCUT2D eigenvalue weighted by atomic mass is 32.2. The van der Waals surface area contributed by atoms with Crippen LogP contribution in [0.25, 0.3) is 0 Å². The summed E-state index contributed by atoms with van der Waals surface area (Å²) >= 11 is 3.34. The third-order valence-corrected chi connectivity index (χ3v) is 8.39. The van der Waals surface area contributed by atoms with Crippen LogP contribution in [0.3, 0.4) is 0 Å². The van der Waals surface area contributed by atoms with Gasteiger partial charge in [-0.15, -0.1) is 23.5 Å². The number of thioether (sulfide) groups is 2. The smallest absolute Gasteiger partial charge is 0.129 e. The van der Waals surface area contributed by atoms with Crippen molar-refractivity contribution in [1.29, 1.82) is 0 Å². The standard InChI is InChI=1S/C26H36N2S2/c1-13-15(3)19(7)23(20(8)16(13)4)27-25(29-11)26(30-12)28-24-21(9)17(5)14(2)18(6)22(24)10/h1-12H3. The molecule has 0 aliphatic carbocycles. The average molecular weight is 441 g/mol. The zero-order valence-electron chi connectivity index (χ0n) is 20.7. The first-order chi connectivity index (χ1) is 14.0. The van der Waals surface area contributed by atoms with Crippen LogP contribution >= 0.6 is 23.5 Å². The topological polar surface area (TPSA) is 24.7 Å². The van der Waals surface area contributed by atoms with Gasteiger partial charge in [0.2, 0.25) is 0 Å². The van der Waals surface area contributed by atoms with Gasteiger partial charge in [0.05, 0.1) is 11.4 Å². The van der Waals surface area contributed by atoms with E-state index in [0.29, 0.717) is 0 Å². The molecule has 0 bridgehead atoms. The van der Waals surface area contributed by atoms with E-state index in [0.717, 1.165) is 21.5 Å². The first kappa shape index (κ1) is 24.7. The molecule has 0 radical (unpaired) electrons. The largest absolute Gasteiger partial charge is 0.239 e. The number of aliphatic imine (C=N–C) groups is 2. The molecule has 30 heavy (non-hydrogen) atoms. The Balaban J connectivity index is 2.75. The molecule has 0 saturated carbocycles. The van der Waals surface area contributed by atoms with Gasteiger partial charge in [-0.25, -0.2) is 9.98 Å². The molecular weight excluding hydrogens is 404 g/mol. The van der Waals surface area contributed by atoms with Crippen molar-refractivity contribution in [2.75, 3.05) is 12.5 Å². The lowest BCUT2D eigenvalue weighted by Crippen LogP contribution is -2.07. The first-order valence-electron chi connectivity index (χ1n) is 10.4. The summed E-state index contributed by atoms with van der Waals surface area (Å²) in [5.74, 6) is 0. The number of nitrogens with zero attached hydrogens (tertiary/aromatic N) is 2. The van der Waals surface area contributed by atoms with Gasteiger partial charge in [-0.2, -0.15) is 0 Å². The molecule has 0 aromatic heterocycles. The van der Waals surface area contributed by atoms with Crippen molar-refractivity contribution < 1.29 is 0 Å². The van der Waals surface area contributed by atoms with Crippen LogP contribution in [0.5, 0.6) is 0 Å². The van der Waals surface area contributed by atoms with Gasteiger partial charge in [0.15, 0.2) is 0 Å². The van der Waals surface area contributed by atoms with Gasteiger partial charge in [0.1, 0.15) is 10.1 Å². The molecule has 4 heteroatoms. The fraction of sp³-hybridized carbons (Fsp3) is 0.462. The van der Waals surface area contributed by atoms with Crippen LogP contribution in [0.4, 0.5) is 11.4 Å². The Morgan fingerprint density at radius 2 is 0.600 bits per heavy atom. The molecule has 0 saturated heterocycles. The fourth-order valence-corrected chi connectivity index (χ4v) is 5.17. The highest BCUT2D eigenvalue weighted by Crippen LogP contribution is 2.36. The summed E-state index contributed by atoms with van der Waals surface area (Å²) in [7, 11) is 0. The molecule has 162 valence electrons. The number of benzene rings is 2. The summed E-state index contributed by atoms with van der Waals surface area (Å²) < 4.78 is 0. The molecule has 0 fully saturated rings. The second-order valence-corrected chi connectivity index (χ2v) is 9.78. The molecule has 0 atom stereocenters. The van der Waals surface area contributed by atoms with Crippen LogP contribution in [0.1, 0.15) is 55.6 Å². The monoisotopic (exact) mass is 440 g/mol. The summed E-state index contributed by atoms with van der Waals surface area (Å²) in [5, 5.41) is 1.96. The van der Waals surface area contributed by atoms with Crippen LogP contribution in [-0.2, 0) is 0 Å². The predicted octanol–water partition coefficient (Wildman–Crippen LogP) is 8.26. The van der Waals surface area contributed by atoms with Crippen LogP contribution in [0, 0.1) is 69.2 Å². The molecule has 0 aliphatic rings. The second kappa shape index (κ2) is 9.74. The van der Waals surface area contributed by atoms with Crippen LogP contribution in [0.15, 0.2) is 9.98 Å². The van der Waals surface area contributed by atoms with Crippen LogP contribution in [-0.4, -0.2) is 22.6 Å². The Hall–Kier alpha value is -1.52. The molecule has 0 spiro atoms. The first-order valence-corrected chi connectivity index (χ1v) is 12.8. The maximum Gasteiger partial charge on any atom is 0.129 e. The van der Waals surface area contributed by atoms with E-state index in [1.807, 2.05) is 0 Å². The minimum atomic E-state index is 0.978. The van der Waals surface area contributed by atoms with Crippen molar-refractivity contribution in [2.24, 2.45) is 9.98 Å². The normalized spacial score (nSPS) is 12.7. The maximum atomic E-state index is 5.16. The molecule has 0 aliphatic heterocycles. The third kappa shape index (κ3) is 4.40. The van der Waals surface area contributed by atoms with Gasteiger partial charge in [-0.1, -0.05) is 0 Å². The number of hydrogen-bond donors (Lipinski definition) is 0. The average Bonchev–Trinajstić information content (AvgIpc) is 2.74. The van der Waals surface area contributed by atoms with Crippen molar-refractivity contribution >= 4 is 45.0 Å². The molecule has 0 amide bonds. The Labute approximate surface area is 192 Å². The summed E-state index contributed by atoms with van der Waals surface area (Å²) in [5.41, 5.74) is 15.3. The van der Waals surface area contributed by atoms with Crippen LogP contribution < -0.4 is 0 Å². The van der Waals surface area contributed by atoms with E-state index in [1.165, 1.54) is 55.6 Å². The molecule has 2 nitrogen and oxygen atoms in total. The van der Waals surface area contributed by atoms with E-state index in [-0.39, 0.29) is 0 Å². The summed E-state index contributed by atoms with van der Waals surface area (Å²) in [6, 6.07) is 0. The maximum absolute atomic E-state index is 5.16. The van der Waals surface area contributed by atoms with Gasteiger partial charge in [0, 0.05) is 0 Å². The van der Waals surface area contributed by atoms with E-state index >= 15 is 0 Å². The van der Waals surface area contributed by atoms with Crippen LogP contribution in [0.2, 0.25) is 0 Å². The van der Waals surface area contributed by atoms with E-state index in [9.17, 15) is 0 Å². The minimum Gasteiger partial charge on any atom is -0.239 e. The lowest BCUT2D eigenvalue weighted by molar-refractivity contribution is 1.16. The molecule has 2 rings (SSSR count). The second-order valence-electron chi connectivity index (χ2n) is 8.19. The zero-order chi connectivity index (χ0) is 22.9. The Bertz CT molecular complexity index is 916. The van der Waals surface area contributed by atoms with Crippen molar-refractivity contribution in [2.45, 2.75) is 69.2 Å². The fourth-order valence-electron chi connectivity index (χ4n) is 3.86. The molecule has 0 unspecified atom stereocenters. The van der Waals surface area contributed by atoms with Crippen molar-refractivity contribution in [3.05, 3.63) is 55.6 Å². The van der Waals surface area contributed by atoms with E-state index in [1.54, 1.807) is 23.5 Å². The van der Waals surface area contributed by atoms with Crippen molar-refractivity contribution in [3.8, 4) is 0 Å². The zero-order valence-corrected chi connectivity index (χ0v) is 22.3. The Morgan fingerprint density at radius 1 is 0.400 bits per heavy atom. The summed E-state index contributed by atoms with van der Waals surface area (Å²) in [6.45, 7) is 21.9. The lowest BCUT2D eigenvalue weighted by Gasteiger charge is -2.18. The molecule has 0 N–H and O–H groups in total. The molecular formula is C26H36N2S2. The molecule has 2 aromatic carbocycles. The van der Waals surface area contributed by atoms with Gasteiger partial charge in [-0.05, 0) is 137 Å². The highest BCUT2D eigenvalue weighted by molar-refractivity contribution is 8.24. The Morgan fingerprint density at radius 3 is 0.800 bits per heavy atom. The van der Waals surface area contributed by atoms with Crippen molar-refractivity contribution in [3.63, 3.8) is 0 Å². The van der Waals surface area contributed by atoms with Gasteiger partial charge in [0.25, 0.3) is 0 Å². The van der Waals surface area contributed by atoms with E-state index in [4.69, 9.17) is 9.98 Å². The SMILES string of the molecule is CSC(=Nc1c(C)c(C)c(C)c(C)c1C)C(=Nc1c(C)c(C)c(C)c(C)c1C)SC. The highest BCUT2D eigenvalue weighted by Gasteiger charge is 2.17. The van der Waals surface area contributed by atoms with E-state index < -0.39 is 0 Å². The quantitative estimate of drug-likeness (QED) is 0.347. The molecule has 2 aromatic rings. The third-order valence-electron chi connectivity index (χ3n) is 6.92. The van der Waals surface area contributed by atoms with Gasteiger partial charge >= 0.3 is 0 Å². The number of hydrogen-bond acceptors (Lipinski definition) is 4. The Kier molecular flexibility index (Phi) is 8.03. The van der Waals surface area contributed by atoms with Gasteiger partial charge in [-0.3, -0.25) is 0 Å². The van der Waals surface area contributed by atoms with Gasteiger partial charge < -0.3 is 0 Å². The van der Waals surface area contributed by atoms with Crippen molar-refractivity contribution in [1.82, 2.24) is 0 Å². The lowest BCUT2D eigenvalue weighted by atomic mass is 9.93. The summed E-state index contributed by atoms with van der Waals surface area (Å²) in [6.07, 6.45) is 4.18. The number of rotatable bonds is 2. The molecule has 0 heterocycles.